The average molecular weight is 390 g/mol. The molecule has 146 valence electrons. The van der Waals surface area contributed by atoms with Gasteiger partial charge in [-0.2, -0.15) is 0 Å². The average Bonchev–Trinajstić information content (AvgIpc) is 2.77. The number of ether oxygens (including phenoxy) is 1. The number of esters is 1. The van der Waals surface area contributed by atoms with Gasteiger partial charge in [0.25, 0.3) is 11.6 Å². The molecule has 29 heavy (non-hydrogen) atoms. The quantitative estimate of drug-likeness (QED) is 0.376. The van der Waals surface area contributed by atoms with Crippen LogP contribution in [0.25, 0.3) is 11.1 Å². The summed E-state index contributed by atoms with van der Waals surface area (Å²) in [4.78, 5) is 34.5. The van der Waals surface area contributed by atoms with Crippen molar-refractivity contribution in [2.75, 3.05) is 6.54 Å². The van der Waals surface area contributed by atoms with Crippen LogP contribution in [0.3, 0.4) is 0 Å². The summed E-state index contributed by atoms with van der Waals surface area (Å²) in [5.41, 5.74) is 2.59. The van der Waals surface area contributed by atoms with E-state index in [-0.39, 0.29) is 24.4 Å². The molecule has 0 unspecified atom stereocenters. The van der Waals surface area contributed by atoms with Crippen molar-refractivity contribution in [1.29, 1.82) is 0 Å². The molecule has 0 fully saturated rings. The molecule has 3 aromatic rings. The predicted octanol–water partition coefficient (Wildman–Crippen LogP) is 3.74. The molecule has 0 atom stereocenters. The van der Waals surface area contributed by atoms with E-state index in [1.807, 2.05) is 42.5 Å². The molecular formula is C22H18N2O5. The van der Waals surface area contributed by atoms with Crippen LogP contribution in [0.4, 0.5) is 5.69 Å². The fraction of sp³-hybridized carbons (Fsp3) is 0.0909. The van der Waals surface area contributed by atoms with Crippen molar-refractivity contribution in [3.63, 3.8) is 0 Å². The maximum Gasteiger partial charge on any atom is 0.325 e. The minimum atomic E-state index is -0.683. The number of nitrogens with one attached hydrogen (secondary N) is 1. The van der Waals surface area contributed by atoms with Gasteiger partial charge in [-0.25, -0.2) is 0 Å². The SMILES string of the molecule is O=C(CNC(=O)c1ccc(-c2ccccc2)cc1)OCc1ccccc1[N+](=O)[O-]. The summed E-state index contributed by atoms with van der Waals surface area (Å²) in [7, 11) is 0. The van der Waals surface area contributed by atoms with Crippen LogP contribution in [0.1, 0.15) is 15.9 Å². The van der Waals surface area contributed by atoms with Gasteiger partial charge >= 0.3 is 5.97 Å². The van der Waals surface area contributed by atoms with E-state index in [1.165, 1.54) is 18.2 Å². The number of hydrogen-bond donors (Lipinski definition) is 1. The van der Waals surface area contributed by atoms with Gasteiger partial charge in [0, 0.05) is 11.6 Å². The van der Waals surface area contributed by atoms with Crippen LogP contribution in [0, 0.1) is 10.1 Å². The molecule has 0 aromatic heterocycles. The van der Waals surface area contributed by atoms with Crippen molar-refractivity contribution in [2.24, 2.45) is 0 Å². The van der Waals surface area contributed by atoms with Crippen LogP contribution in [-0.2, 0) is 16.1 Å². The first-order chi connectivity index (χ1) is 14.0. The van der Waals surface area contributed by atoms with Gasteiger partial charge in [-0.15, -0.1) is 0 Å². The molecule has 3 aromatic carbocycles. The molecule has 0 spiro atoms. The minimum Gasteiger partial charge on any atom is -0.459 e. The molecule has 1 amide bonds. The summed E-state index contributed by atoms with van der Waals surface area (Å²) in [5.74, 6) is -1.09. The van der Waals surface area contributed by atoms with Crippen LogP contribution in [-0.4, -0.2) is 23.3 Å². The molecule has 0 aliphatic rings. The maximum atomic E-state index is 12.2. The molecule has 7 heteroatoms. The normalized spacial score (nSPS) is 10.2. The number of rotatable bonds is 7. The zero-order chi connectivity index (χ0) is 20.6. The third-order valence-corrected chi connectivity index (χ3v) is 4.22. The fourth-order valence-electron chi connectivity index (χ4n) is 2.72. The molecule has 0 saturated heterocycles. The highest BCUT2D eigenvalue weighted by molar-refractivity contribution is 5.96. The minimum absolute atomic E-state index is 0.122. The lowest BCUT2D eigenvalue weighted by Crippen LogP contribution is -2.30. The summed E-state index contributed by atoms with van der Waals surface area (Å²) in [5, 5.41) is 13.4. The van der Waals surface area contributed by atoms with E-state index in [2.05, 4.69) is 5.32 Å². The zero-order valence-corrected chi connectivity index (χ0v) is 15.4. The Morgan fingerprint density at radius 3 is 2.17 bits per heavy atom. The smallest absolute Gasteiger partial charge is 0.325 e. The van der Waals surface area contributed by atoms with Crippen molar-refractivity contribution in [2.45, 2.75) is 6.61 Å². The maximum absolute atomic E-state index is 12.2. The number of para-hydroxylation sites is 1. The van der Waals surface area contributed by atoms with Gasteiger partial charge < -0.3 is 10.1 Å². The molecule has 0 aliphatic carbocycles. The van der Waals surface area contributed by atoms with Gasteiger partial charge in [-0.1, -0.05) is 54.6 Å². The molecule has 0 saturated carbocycles. The number of nitro benzene ring substituents is 1. The standard InChI is InChI=1S/C22H18N2O5/c25-21(29-15-19-8-4-5-9-20(19)24(27)28)14-23-22(26)18-12-10-17(11-13-18)16-6-2-1-3-7-16/h1-13H,14-15H2,(H,23,26). The predicted molar refractivity (Wildman–Crippen MR) is 107 cm³/mol. The summed E-state index contributed by atoms with van der Waals surface area (Å²) in [6.45, 7) is -0.572. The second-order valence-electron chi connectivity index (χ2n) is 6.17. The first-order valence-corrected chi connectivity index (χ1v) is 8.86. The molecule has 7 nitrogen and oxygen atoms in total. The van der Waals surface area contributed by atoms with Crippen LogP contribution >= 0.6 is 0 Å². The lowest BCUT2D eigenvalue weighted by molar-refractivity contribution is -0.385. The molecule has 0 aliphatic heterocycles. The van der Waals surface area contributed by atoms with Gasteiger partial charge in [0.1, 0.15) is 13.2 Å². The summed E-state index contributed by atoms with van der Waals surface area (Å²) in [6, 6.07) is 22.8. The highest BCUT2D eigenvalue weighted by Crippen LogP contribution is 2.19. The van der Waals surface area contributed by atoms with Gasteiger partial charge in [-0.3, -0.25) is 19.7 Å². The first-order valence-electron chi connectivity index (χ1n) is 8.86. The molecule has 3 rings (SSSR count). The highest BCUT2D eigenvalue weighted by Gasteiger charge is 2.15. The lowest BCUT2D eigenvalue weighted by Gasteiger charge is -2.08. The Balaban J connectivity index is 1.51. The fourth-order valence-corrected chi connectivity index (χ4v) is 2.72. The summed E-state index contributed by atoms with van der Waals surface area (Å²) >= 11 is 0. The molecular weight excluding hydrogens is 372 g/mol. The third kappa shape index (κ3) is 5.26. The van der Waals surface area contributed by atoms with Crippen molar-refractivity contribution >= 4 is 17.6 Å². The van der Waals surface area contributed by atoms with Crippen molar-refractivity contribution < 1.29 is 19.2 Å². The molecule has 1 N–H and O–H groups in total. The monoisotopic (exact) mass is 390 g/mol. The van der Waals surface area contributed by atoms with Gasteiger partial charge in [0.2, 0.25) is 0 Å². The topological polar surface area (TPSA) is 98.5 Å². The lowest BCUT2D eigenvalue weighted by atomic mass is 10.0. The Morgan fingerprint density at radius 1 is 0.862 bits per heavy atom. The number of carbonyl (C=O) groups is 2. The highest BCUT2D eigenvalue weighted by atomic mass is 16.6. The summed E-state index contributed by atoms with van der Waals surface area (Å²) < 4.78 is 5.02. The van der Waals surface area contributed by atoms with Crippen LogP contribution < -0.4 is 5.32 Å². The van der Waals surface area contributed by atoms with Gasteiger partial charge in [0.15, 0.2) is 0 Å². The Bertz CT molecular complexity index is 1020. The van der Waals surface area contributed by atoms with E-state index in [0.29, 0.717) is 5.56 Å². The number of carbonyl (C=O) groups excluding carboxylic acids is 2. The van der Waals surface area contributed by atoms with Gasteiger partial charge in [-0.05, 0) is 29.3 Å². The van der Waals surface area contributed by atoms with Crippen molar-refractivity contribution in [1.82, 2.24) is 5.32 Å². The van der Waals surface area contributed by atoms with E-state index in [4.69, 9.17) is 4.74 Å². The first kappa shape index (κ1) is 19.8. The second kappa shape index (κ2) is 9.27. The van der Waals surface area contributed by atoms with E-state index in [9.17, 15) is 19.7 Å². The Hall–Kier alpha value is -4.00. The number of nitrogens with zero attached hydrogens (tertiary/aromatic N) is 1. The van der Waals surface area contributed by atoms with Crippen molar-refractivity contribution in [3.8, 4) is 11.1 Å². The zero-order valence-electron chi connectivity index (χ0n) is 15.4. The van der Waals surface area contributed by atoms with Crippen LogP contribution in [0.15, 0.2) is 78.9 Å². The molecule has 0 heterocycles. The number of nitro groups is 1. The van der Waals surface area contributed by atoms with E-state index in [1.54, 1.807) is 18.2 Å². The van der Waals surface area contributed by atoms with E-state index < -0.39 is 16.8 Å². The van der Waals surface area contributed by atoms with Crippen molar-refractivity contribution in [3.05, 3.63) is 100 Å². The largest absolute Gasteiger partial charge is 0.459 e. The second-order valence-corrected chi connectivity index (χ2v) is 6.17. The molecule has 0 radical (unpaired) electrons. The van der Waals surface area contributed by atoms with Crippen LogP contribution in [0.5, 0.6) is 0 Å². The van der Waals surface area contributed by atoms with E-state index >= 15 is 0 Å². The van der Waals surface area contributed by atoms with Crippen LogP contribution in [0.2, 0.25) is 0 Å². The molecule has 0 bridgehead atoms. The van der Waals surface area contributed by atoms with E-state index in [0.717, 1.165) is 11.1 Å². The number of hydrogen-bond acceptors (Lipinski definition) is 5. The Kier molecular flexibility index (Phi) is 6.32. The van der Waals surface area contributed by atoms with Gasteiger partial charge in [0.05, 0.1) is 10.5 Å². The third-order valence-electron chi connectivity index (χ3n) is 4.22. The summed E-state index contributed by atoms with van der Waals surface area (Å²) in [6.07, 6.45) is 0. The Morgan fingerprint density at radius 2 is 1.48 bits per heavy atom. The number of benzene rings is 3. The number of amides is 1. The Labute approximate surface area is 167 Å².